The lowest BCUT2D eigenvalue weighted by Gasteiger charge is -2.44. The lowest BCUT2D eigenvalue weighted by Crippen LogP contribution is -2.69. The van der Waals surface area contributed by atoms with E-state index in [9.17, 15) is 13.2 Å². The summed E-state index contributed by atoms with van der Waals surface area (Å²) in [6.45, 7) is 10.2. The van der Waals surface area contributed by atoms with Crippen LogP contribution >= 0.6 is 0 Å². The summed E-state index contributed by atoms with van der Waals surface area (Å²) in [4.78, 5) is 12.0. The van der Waals surface area contributed by atoms with Crippen molar-refractivity contribution >= 4 is 24.1 Å². The fourth-order valence-corrected chi connectivity index (χ4v) is 4.88. The van der Waals surface area contributed by atoms with Gasteiger partial charge in [-0.15, -0.1) is 0 Å². The van der Waals surface area contributed by atoms with Crippen LogP contribution in [0.4, 0.5) is 0 Å². The average molecular weight is 342 g/mol. The van der Waals surface area contributed by atoms with Crippen molar-refractivity contribution in [3.05, 3.63) is 30.3 Å². The van der Waals surface area contributed by atoms with E-state index in [2.05, 4.69) is 26.1 Å². The number of rotatable bonds is 4. The molecular weight excluding hydrogens is 318 g/mol. The van der Waals surface area contributed by atoms with Gasteiger partial charge < -0.3 is 9.74 Å². The first-order valence-corrected chi connectivity index (χ1v) is 11.7. The lowest BCUT2D eigenvalue weighted by molar-refractivity contribution is -0.137. The highest BCUT2D eigenvalue weighted by molar-refractivity contribution is 7.92. The first-order valence-electron chi connectivity index (χ1n) is 7.24. The van der Waals surface area contributed by atoms with Gasteiger partial charge in [-0.25, -0.2) is 8.42 Å². The molecule has 0 bridgehead atoms. The van der Waals surface area contributed by atoms with E-state index in [0.717, 1.165) is 0 Å². The van der Waals surface area contributed by atoms with Crippen molar-refractivity contribution in [2.24, 2.45) is 0 Å². The maximum absolute atomic E-state index is 12.6. The van der Waals surface area contributed by atoms with Gasteiger partial charge in [0.15, 0.2) is 19.8 Å². The van der Waals surface area contributed by atoms with Crippen LogP contribution in [-0.2, 0) is 19.1 Å². The Balaban J connectivity index is 2.26. The van der Waals surface area contributed by atoms with Gasteiger partial charge in [0.1, 0.15) is 0 Å². The van der Waals surface area contributed by atoms with Gasteiger partial charge in [0.05, 0.1) is 4.90 Å². The monoisotopic (exact) mass is 341 g/mol. The van der Waals surface area contributed by atoms with Crippen molar-refractivity contribution in [2.75, 3.05) is 0 Å². The number of hydrogen-bond donors (Lipinski definition) is 1. The standard InChI is InChI=1S/C15H23NO4SSi/c1-15(2,3)22(4,5)20-12-13(17)16-14(12)21(18,19)11-9-7-6-8-10-11/h6-10,12,14H,1-5H3,(H,16,17). The topological polar surface area (TPSA) is 72.5 Å². The van der Waals surface area contributed by atoms with E-state index in [1.807, 2.05) is 13.1 Å². The molecule has 22 heavy (non-hydrogen) atoms. The van der Waals surface area contributed by atoms with Gasteiger partial charge in [-0.1, -0.05) is 39.0 Å². The van der Waals surface area contributed by atoms with Crippen LogP contribution in [-0.4, -0.2) is 34.1 Å². The Morgan fingerprint density at radius 1 is 1.14 bits per heavy atom. The van der Waals surface area contributed by atoms with Crippen LogP contribution in [0.15, 0.2) is 35.2 Å². The normalized spacial score (nSPS) is 22.9. The van der Waals surface area contributed by atoms with Gasteiger partial charge in [0.2, 0.25) is 9.84 Å². The van der Waals surface area contributed by atoms with Crippen molar-refractivity contribution in [1.82, 2.24) is 5.32 Å². The number of β-lactam (4-membered cyclic amide) rings is 1. The van der Waals surface area contributed by atoms with Gasteiger partial charge in [-0.2, -0.15) is 0 Å². The Morgan fingerprint density at radius 2 is 1.68 bits per heavy atom. The first kappa shape index (κ1) is 17.2. The molecule has 2 unspecified atom stereocenters. The molecule has 122 valence electrons. The zero-order valence-electron chi connectivity index (χ0n) is 13.6. The minimum absolute atomic E-state index is 0.0933. The molecule has 7 heteroatoms. The van der Waals surface area contributed by atoms with Crippen LogP contribution in [0.3, 0.4) is 0 Å². The number of nitrogens with one attached hydrogen (secondary N) is 1. The smallest absolute Gasteiger partial charge is 0.252 e. The van der Waals surface area contributed by atoms with Gasteiger partial charge in [-0.05, 0) is 30.3 Å². The number of hydrogen-bond acceptors (Lipinski definition) is 4. The first-order chi connectivity index (χ1) is 9.97. The second-order valence-corrected chi connectivity index (χ2v) is 13.9. The molecule has 1 heterocycles. The number of amides is 1. The van der Waals surface area contributed by atoms with Crippen LogP contribution in [0.25, 0.3) is 0 Å². The predicted octanol–water partition coefficient (Wildman–Crippen LogP) is 2.31. The molecule has 1 aliphatic heterocycles. The maximum Gasteiger partial charge on any atom is 0.252 e. The number of benzene rings is 1. The molecule has 0 aromatic heterocycles. The average Bonchev–Trinajstić information content (AvgIpc) is 2.42. The Bertz CT molecular complexity index is 665. The molecule has 0 spiro atoms. The zero-order chi connectivity index (χ0) is 16.8. The third kappa shape index (κ3) is 2.97. The molecular formula is C15H23NO4SSi. The summed E-state index contributed by atoms with van der Waals surface area (Å²) < 4.78 is 31.3. The number of carbonyl (C=O) groups excluding carboxylic acids is 1. The highest BCUT2D eigenvalue weighted by Gasteiger charge is 2.53. The highest BCUT2D eigenvalue weighted by Crippen LogP contribution is 2.39. The summed E-state index contributed by atoms with van der Waals surface area (Å²) in [6.07, 6.45) is -0.925. The third-order valence-corrected chi connectivity index (χ3v) is 10.9. The number of sulfone groups is 1. The van der Waals surface area contributed by atoms with Crippen molar-refractivity contribution in [3.8, 4) is 0 Å². The summed E-state index contributed by atoms with van der Waals surface area (Å²) in [5.41, 5.74) is 0. The van der Waals surface area contributed by atoms with Crippen LogP contribution in [0, 0.1) is 0 Å². The van der Waals surface area contributed by atoms with E-state index in [0.29, 0.717) is 0 Å². The van der Waals surface area contributed by atoms with Crippen LogP contribution in [0.1, 0.15) is 20.8 Å². The molecule has 5 nitrogen and oxygen atoms in total. The quantitative estimate of drug-likeness (QED) is 0.674. The molecule has 2 rings (SSSR count). The van der Waals surface area contributed by atoms with E-state index in [-0.39, 0.29) is 15.8 Å². The fraction of sp³-hybridized carbons (Fsp3) is 0.533. The minimum Gasteiger partial charge on any atom is -0.403 e. The SMILES string of the molecule is CC(C)(C)[Si](C)(C)OC1C(=O)NC1S(=O)(=O)c1ccccc1. The van der Waals surface area contributed by atoms with Crippen molar-refractivity contribution in [2.45, 2.75) is 55.3 Å². The molecule has 1 aliphatic rings. The summed E-state index contributed by atoms with van der Waals surface area (Å²) in [5.74, 6) is -0.352. The predicted molar refractivity (Wildman–Crippen MR) is 87.6 cm³/mol. The summed E-state index contributed by atoms with van der Waals surface area (Å²) in [5, 5.41) is 1.38. The maximum atomic E-state index is 12.6. The number of carbonyl (C=O) groups is 1. The van der Waals surface area contributed by atoms with Crippen LogP contribution in [0.2, 0.25) is 18.1 Å². The van der Waals surface area contributed by atoms with Crippen molar-refractivity contribution in [1.29, 1.82) is 0 Å². The van der Waals surface area contributed by atoms with Crippen LogP contribution in [0.5, 0.6) is 0 Å². The molecule has 1 amide bonds. The Morgan fingerprint density at radius 3 is 2.14 bits per heavy atom. The molecule has 1 N–H and O–H groups in total. The molecule has 1 saturated heterocycles. The molecule has 2 atom stereocenters. The molecule has 1 aromatic carbocycles. The van der Waals surface area contributed by atoms with E-state index in [1.54, 1.807) is 18.2 Å². The van der Waals surface area contributed by atoms with Gasteiger partial charge in [0, 0.05) is 0 Å². The molecule has 0 radical (unpaired) electrons. The van der Waals surface area contributed by atoms with E-state index in [4.69, 9.17) is 4.43 Å². The van der Waals surface area contributed by atoms with Gasteiger partial charge in [-0.3, -0.25) is 4.79 Å². The zero-order valence-corrected chi connectivity index (χ0v) is 15.4. The molecule has 1 fully saturated rings. The van der Waals surface area contributed by atoms with Gasteiger partial charge >= 0.3 is 0 Å². The van der Waals surface area contributed by atoms with E-state index < -0.39 is 29.6 Å². The van der Waals surface area contributed by atoms with Gasteiger partial charge in [0.25, 0.3) is 5.91 Å². The van der Waals surface area contributed by atoms with E-state index >= 15 is 0 Å². The molecule has 1 aromatic rings. The third-order valence-electron chi connectivity index (χ3n) is 4.45. The Hall–Kier alpha value is -1.18. The fourth-order valence-electron chi connectivity index (χ4n) is 1.95. The Kier molecular flexibility index (Phi) is 4.27. The second kappa shape index (κ2) is 5.47. The highest BCUT2D eigenvalue weighted by atomic mass is 32.2. The van der Waals surface area contributed by atoms with E-state index in [1.165, 1.54) is 12.1 Å². The molecule has 0 saturated carbocycles. The van der Waals surface area contributed by atoms with Crippen LogP contribution < -0.4 is 5.32 Å². The van der Waals surface area contributed by atoms with Crippen molar-refractivity contribution < 1.29 is 17.6 Å². The summed E-state index contributed by atoms with van der Waals surface area (Å²) in [6, 6.07) is 8.14. The summed E-state index contributed by atoms with van der Waals surface area (Å²) in [7, 11) is -5.86. The van der Waals surface area contributed by atoms with Crippen molar-refractivity contribution in [3.63, 3.8) is 0 Å². The second-order valence-electron chi connectivity index (χ2n) is 7.09. The largest absolute Gasteiger partial charge is 0.403 e. The Labute approximate surface area is 133 Å². The molecule has 0 aliphatic carbocycles. The summed E-state index contributed by atoms with van der Waals surface area (Å²) >= 11 is 0. The minimum atomic E-state index is -3.64. The lowest BCUT2D eigenvalue weighted by atomic mass is 10.2.